The van der Waals surface area contributed by atoms with Gasteiger partial charge in [-0.15, -0.1) is 0 Å². The van der Waals surface area contributed by atoms with E-state index in [1.54, 1.807) is 6.92 Å². The number of aliphatic hydroxyl groups excluding tert-OH is 1. The van der Waals surface area contributed by atoms with E-state index in [-0.39, 0.29) is 30.5 Å². The van der Waals surface area contributed by atoms with Gasteiger partial charge in [-0.3, -0.25) is 9.69 Å². The zero-order chi connectivity index (χ0) is 16.0. The van der Waals surface area contributed by atoms with Crippen LogP contribution in [0.15, 0.2) is 0 Å². The third-order valence-electron chi connectivity index (χ3n) is 4.66. The first-order chi connectivity index (χ1) is 9.84. The van der Waals surface area contributed by atoms with Crippen molar-refractivity contribution in [2.24, 2.45) is 5.92 Å². The Hall–Kier alpha value is -1.12. The minimum atomic E-state index is -0.842. The Morgan fingerprint density at radius 2 is 2.19 bits per heavy atom. The number of hydrogen-bond acceptors (Lipinski definition) is 4. The van der Waals surface area contributed by atoms with E-state index < -0.39 is 5.54 Å². The zero-order valence-electron chi connectivity index (χ0n) is 13.7. The van der Waals surface area contributed by atoms with E-state index in [2.05, 4.69) is 16.3 Å². The van der Waals surface area contributed by atoms with Crippen molar-refractivity contribution in [1.82, 2.24) is 10.2 Å². The van der Waals surface area contributed by atoms with Gasteiger partial charge in [0.15, 0.2) is 0 Å². The molecular weight excluding hydrogens is 266 g/mol. The number of piperidine rings is 1. The van der Waals surface area contributed by atoms with Gasteiger partial charge in [-0.1, -0.05) is 27.2 Å². The number of hydrogen-bond donors (Lipinski definition) is 2. The van der Waals surface area contributed by atoms with Crippen LogP contribution in [0.3, 0.4) is 0 Å². The number of carbonyl (C=O) groups is 1. The number of aliphatic hydroxyl groups is 1. The van der Waals surface area contributed by atoms with Crippen molar-refractivity contribution in [3.8, 4) is 6.07 Å². The zero-order valence-corrected chi connectivity index (χ0v) is 13.7. The second kappa shape index (κ2) is 7.77. The molecule has 0 radical (unpaired) electrons. The van der Waals surface area contributed by atoms with Crippen LogP contribution in [0.2, 0.25) is 0 Å². The number of carbonyl (C=O) groups excluding carboxylic acids is 1. The van der Waals surface area contributed by atoms with Crippen molar-refractivity contribution < 1.29 is 9.90 Å². The summed E-state index contributed by atoms with van der Waals surface area (Å²) in [7, 11) is 0. The molecule has 0 aromatic carbocycles. The van der Waals surface area contributed by atoms with Crippen molar-refractivity contribution in [2.45, 2.75) is 71.1 Å². The maximum atomic E-state index is 12.3. The molecule has 2 N–H and O–H groups in total. The van der Waals surface area contributed by atoms with Crippen molar-refractivity contribution in [1.29, 1.82) is 5.26 Å². The van der Waals surface area contributed by atoms with Gasteiger partial charge in [-0.05, 0) is 38.6 Å². The highest BCUT2D eigenvalue weighted by molar-refractivity contribution is 5.79. The summed E-state index contributed by atoms with van der Waals surface area (Å²) >= 11 is 0. The average molecular weight is 295 g/mol. The van der Waals surface area contributed by atoms with Crippen LogP contribution >= 0.6 is 0 Å². The minimum absolute atomic E-state index is 0.0461. The van der Waals surface area contributed by atoms with Crippen LogP contribution in [-0.2, 0) is 4.79 Å². The summed E-state index contributed by atoms with van der Waals surface area (Å²) in [4.78, 5) is 14.3. The minimum Gasteiger partial charge on any atom is -0.392 e. The van der Waals surface area contributed by atoms with Crippen LogP contribution in [0.4, 0.5) is 0 Å². The van der Waals surface area contributed by atoms with Gasteiger partial charge in [0.2, 0.25) is 5.91 Å². The molecule has 1 amide bonds. The first kappa shape index (κ1) is 17.9. The van der Waals surface area contributed by atoms with Gasteiger partial charge in [0.1, 0.15) is 5.54 Å². The Bertz CT molecular complexity index is 391. The molecule has 0 aromatic rings. The molecule has 1 rings (SSSR count). The van der Waals surface area contributed by atoms with E-state index >= 15 is 0 Å². The SMILES string of the molecule is CCC(O)C1CCCCN1CC(=O)NC(C)(C#N)C(C)C. The molecule has 1 fully saturated rings. The monoisotopic (exact) mass is 295 g/mol. The van der Waals surface area contributed by atoms with Gasteiger partial charge in [0.05, 0.1) is 18.7 Å². The molecule has 0 spiro atoms. The molecule has 3 atom stereocenters. The van der Waals surface area contributed by atoms with E-state index in [0.717, 1.165) is 25.8 Å². The van der Waals surface area contributed by atoms with Crippen molar-refractivity contribution in [3.05, 3.63) is 0 Å². The molecule has 1 saturated heterocycles. The highest BCUT2D eigenvalue weighted by Crippen LogP contribution is 2.21. The summed E-state index contributed by atoms with van der Waals surface area (Å²) < 4.78 is 0. The highest BCUT2D eigenvalue weighted by Gasteiger charge is 2.33. The lowest BCUT2D eigenvalue weighted by Gasteiger charge is -2.38. The summed E-state index contributed by atoms with van der Waals surface area (Å²) in [6.07, 6.45) is 3.40. The molecule has 0 aliphatic carbocycles. The largest absolute Gasteiger partial charge is 0.392 e. The smallest absolute Gasteiger partial charge is 0.235 e. The second-order valence-corrected chi connectivity index (χ2v) is 6.53. The molecule has 1 aliphatic heterocycles. The van der Waals surface area contributed by atoms with Crippen molar-refractivity contribution in [2.75, 3.05) is 13.1 Å². The third kappa shape index (κ3) is 4.69. The fourth-order valence-electron chi connectivity index (χ4n) is 2.74. The Morgan fingerprint density at radius 3 is 2.71 bits per heavy atom. The molecule has 3 unspecified atom stereocenters. The Labute approximate surface area is 128 Å². The number of nitriles is 1. The van der Waals surface area contributed by atoms with Crippen molar-refractivity contribution >= 4 is 5.91 Å². The molecule has 0 aromatic heterocycles. The number of likely N-dealkylation sites (tertiary alicyclic amines) is 1. The van der Waals surface area contributed by atoms with Gasteiger partial charge in [0, 0.05) is 6.04 Å². The topological polar surface area (TPSA) is 76.4 Å². The quantitative estimate of drug-likeness (QED) is 0.781. The van der Waals surface area contributed by atoms with Crippen LogP contribution in [0, 0.1) is 17.2 Å². The van der Waals surface area contributed by atoms with E-state index in [1.807, 2.05) is 20.8 Å². The number of amides is 1. The second-order valence-electron chi connectivity index (χ2n) is 6.53. The van der Waals surface area contributed by atoms with E-state index in [4.69, 9.17) is 0 Å². The molecule has 0 bridgehead atoms. The summed E-state index contributed by atoms with van der Waals surface area (Å²) in [6.45, 7) is 8.65. The predicted molar refractivity (Wildman–Crippen MR) is 82.5 cm³/mol. The van der Waals surface area contributed by atoms with Gasteiger partial charge in [0.25, 0.3) is 0 Å². The van der Waals surface area contributed by atoms with E-state index in [0.29, 0.717) is 6.42 Å². The maximum absolute atomic E-state index is 12.3. The molecular formula is C16H29N3O2. The van der Waals surface area contributed by atoms with Crippen molar-refractivity contribution in [3.63, 3.8) is 0 Å². The maximum Gasteiger partial charge on any atom is 0.235 e. The van der Waals surface area contributed by atoms with Gasteiger partial charge >= 0.3 is 0 Å². The Balaban J connectivity index is 2.66. The predicted octanol–water partition coefficient (Wildman–Crippen LogP) is 1.67. The van der Waals surface area contributed by atoms with Gasteiger partial charge < -0.3 is 10.4 Å². The molecule has 0 saturated carbocycles. The Kier molecular flexibility index (Phi) is 6.63. The van der Waals surface area contributed by atoms with Crippen LogP contribution < -0.4 is 5.32 Å². The fourth-order valence-corrected chi connectivity index (χ4v) is 2.74. The summed E-state index contributed by atoms with van der Waals surface area (Å²) in [5, 5.41) is 22.2. The summed E-state index contributed by atoms with van der Waals surface area (Å²) in [6, 6.07) is 2.25. The molecule has 5 heteroatoms. The van der Waals surface area contributed by atoms with Crippen LogP contribution in [0.5, 0.6) is 0 Å². The lowest BCUT2D eigenvalue weighted by molar-refractivity contribution is -0.125. The number of nitrogens with one attached hydrogen (secondary N) is 1. The molecule has 5 nitrogen and oxygen atoms in total. The third-order valence-corrected chi connectivity index (χ3v) is 4.66. The molecule has 1 aliphatic rings. The highest BCUT2D eigenvalue weighted by atomic mass is 16.3. The first-order valence-electron chi connectivity index (χ1n) is 7.98. The lowest BCUT2D eigenvalue weighted by Crippen LogP contribution is -2.55. The van der Waals surface area contributed by atoms with Crippen LogP contribution in [0.25, 0.3) is 0 Å². The first-order valence-corrected chi connectivity index (χ1v) is 7.98. The van der Waals surface area contributed by atoms with Gasteiger partial charge in [-0.2, -0.15) is 5.26 Å². The van der Waals surface area contributed by atoms with E-state index in [1.165, 1.54) is 0 Å². The summed E-state index contributed by atoms with van der Waals surface area (Å²) in [5.74, 6) is -0.0900. The van der Waals surface area contributed by atoms with Crippen LogP contribution in [0.1, 0.15) is 53.4 Å². The number of nitrogens with zero attached hydrogens (tertiary/aromatic N) is 2. The molecule has 120 valence electrons. The normalized spacial score (nSPS) is 24.1. The van der Waals surface area contributed by atoms with Crippen LogP contribution in [-0.4, -0.2) is 46.7 Å². The lowest BCUT2D eigenvalue weighted by atomic mass is 9.90. The molecule has 21 heavy (non-hydrogen) atoms. The average Bonchev–Trinajstić information content (AvgIpc) is 2.46. The number of rotatable bonds is 6. The Morgan fingerprint density at radius 1 is 1.52 bits per heavy atom. The van der Waals surface area contributed by atoms with Gasteiger partial charge in [-0.25, -0.2) is 0 Å². The standard InChI is InChI=1S/C16H29N3O2/c1-5-14(20)13-8-6-7-9-19(13)10-15(21)18-16(4,11-17)12(2)3/h12-14,20H,5-10H2,1-4H3,(H,18,21). The fraction of sp³-hybridized carbons (Fsp3) is 0.875. The van der Waals surface area contributed by atoms with E-state index in [9.17, 15) is 15.2 Å². The molecule has 1 heterocycles. The summed E-state index contributed by atoms with van der Waals surface area (Å²) in [5.41, 5.74) is -0.842.